The molecule has 2 aromatic carbocycles. The Morgan fingerprint density at radius 1 is 1.00 bits per heavy atom. The Kier molecular flexibility index (Phi) is 10.5. The molecule has 1 spiro atoms. The van der Waals surface area contributed by atoms with Gasteiger partial charge in [-0.1, -0.05) is 109 Å². The molecule has 254 valence electrons. The number of nitrogens with zero attached hydrogens (tertiary/aromatic N) is 2. The molecule has 0 radical (unpaired) electrons. The lowest BCUT2D eigenvalue weighted by Crippen LogP contribution is -2.57. The zero-order valence-electron chi connectivity index (χ0n) is 27.0. The number of aliphatic hydroxyl groups excluding tert-OH is 1. The smallest absolute Gasteiger partial charge is 0.306 e. The second kappa shape index (κ2) is 14.8. The van der Waals surface area contributed by atoms with Gasteiger partial charge in [-0.15, -0.1) is 0 Å². The second-order valence-corrected chi connectivity index (χ2v) is 13.8. The molecule has 0 saturated carbocycles. The molecule has 0 aromatic heterocycles. The highest BCUT2D eigenvalue weighted by Crippen LogP contribution is 2.60. The molecule has 0 unspecified atom stereocenters. The number of esters is 1. The third kappa shape index (κ3) is 6.35. The van der Waals surface area contributed by atoms with Gasteiger partial charge in [-0.25, -0.2) is 0 Å². The highest BCUT2D eigenvalue weighted by atomic mass is 79.9. The maximum Gasteiger partial charge on any atom is 0.306 e. The molecule has 11 heteroatoms. The molecule has 4 aliphatic rings. The summed E-state index contributed by atoms with van der Waals surface area (Å²) < 4.78 is 12.9. The van der Waals surface area contributed by atoms with Crippen molar-refractivity contribution in [1.82, 2.24) is 15.1 Å². The molecule has 5 bridgehead atoms. The van der Waals surface area contributed by atoms with Gasteiger partial charge < -0.3 is 29.7 Å². The van der Waals surface area contributed by atoms with E-state index < -0.39 is 66.1 Å². The summed E-state index contributed by atoms with van der Waals surface area (Å²) in [4.78, 5) is 60.0. The van der Waals surface area contributed by atoms with E-state index in [1.54, 1.807) is 11.0 Å². The van der Waals surface area contributed by atoms with E-state index in [2.05, 4.69) is 28.2 Å². The molecule has 2 saturated heterocycles. The molecular formula is C37H42BrN3O7. The predicted molar refractivity (Wildman–Crippen MR) is 181 cm³/mol. The lowest BCUT2D eigenvalue weighted by Gasteiger charge is -2.39. The van der Waals surface area contributed by atoms with Crippen molar-refractivity contribution in [2.45, 2.75) is 68.9 Å². The van der Waals surface area contributed by atoms with E-state index in [-0.39, 0.29) is 25.5 Å². The minimum Gasteiger partial charge on any atom is -0.463 e. The van der Waals surface area contributed by atoms with Gasteiger partial charge in [-0.3, -0.25) is 19.2 Å². The van der Waals surface area contributed by atoms with Crippen LogP contribution < -0.4 is 5.32 Å². The van der Waals surface area contributed by atoms with Gasteiger partial charge in [-0.2, -0.15) is 0 Å². The standard InChI is InChI=1S/C37H42BrN3O7/c1-2-3-12-19-40-20-13-6-11-18-29(43)47-23-27(24-14-7-4-8-15-24)39-34(44)30-31-35(45)41(28(22-42)25-16-9-5-10-17-25)33(36(40)46)37(31)21-26(38)32(30)48-37/h4-10,13-17,21,27-28,30-33,42H,2-3,11-12,18-20,22-23H2,1H3,(H,39,44)/b13-6-/t27-,28-,30-,31+,32-,33-,37+/m1/s1. The summed E-state index contributed by atoms with van der Waals surface area (Å²) in [5.74, 6) is -3.61. The van der Waals surface area contributed by atoms with Crippen LogP contribution in [0.15, 0.2) is 83.4 Å². The van der Waals surface area contributed by atoms with Crippen molar-refractivity contribution in [3.8, 4) is 0 Å². The first-order valence-electron chi connectivity index (χ1n) is 16.8. The molecule has 2 aromatic rings. The molecule has 0 aliphatic carbocycles. The van der Waals surface area contributed by atoms with Crippen LogP contribution in [0.2, 0.25) is 0 Å². The van der Waals surface area contributed by atoms with Crippen molar-refractivity contribution in [1.29, 1.82) is 0 Å². The van der Waals surface area contributed by atoms with Crippen LogP contribution in [0.4, 0.5) is 0 Å². The number of ether oxygens (including phenoxy) is 2. The van der Waals surface area contributed by atoms with Crippen LogP contribution in [0.25, 0.3) is 0 Å². The third-order valence-corrected chi connectivity index (χ3v) is 10.6. The Morgan fingerprint density at radius 3 is 2.44 bits per heavy atom. The summed E-state index contributed by atoms with van der Waals surface area (Å²) in [5.41, 5.74) is -0.0341. The largest absolute Gasteiger partial charge is 0.463 e. The van der Waals surface area contributed by atoms with Crippen molar-refractivity contribution >= 4 is 39.6 Å². The van der Waals surface area contributed by atoms with Crippen LogP contribution >= 0.6 is 15.9 Å². The van der Waals surface area contributed by atoms with Gasteiger partial charge >= 0.3 is 5.97 Å². The van der Waals surface area contributed by atoms with E-state index in [1.807, 2.05) is 72.8 Å². The van der Waals surface area contributed by atoms with Crippen LogP contribution in [-0.4, -0.2) is 82.6 Å². The number of benzene rings is 2. The van der Waals surface area contributed by atoms with Crippen LogP contribution in [0.3, 0.4) is 0 Å². The molecule has 3 amide bonds. The van der Waals surface area contributed by atoms with Crippen molar-refractivity contribution < 1.29 is 33.8 Å². The maximum absolute atomic E-state index is 14.9. The van der Waals surface area contributed by atoms with E-state index in [1.165, 1.54) is 4.90 Å². The highest BCUT2D eigenvalue weighted by molar-refractivity contribution is 9.11. The predicted octanol–water partition coefficient (Wildman–Crippen LogP) is 4.36. The molecule has 6 rings (SSSR count). The number of carbonyl (C=O) groups excluding carboxylic acids is 4. The van der Waals surface area contributed by atoms with Gasteiger partial charge in [0.1, 0.15) is 24.4 Å². The number of allylic oxidation sites excluding steroid dienone is 1. The van der Waals surface area contributed by atoms with E-state index in [4.69, 9.17) is 9.47 Å². The van der Waals surface area contributed by atoms with E-state index in [9.17, 15) is 24.3 Å². The molecule has 2 fully saturated rings. The number of rotatable bonds is 8. The fourth-order valence-electron chi connectivity index (χ4n) is 7.56. The average molecular weight is 721 g/mol. The quantitative estimate of drug-likeness (QED) is 0.236. The van der Waals surface area contributed by atoms with Gasteiger partial charge in [-0.05, 0) is 30.0 Å². The zero-order valence-corrected chi connectivity index (χ0v) is 28.6. The van der Waals surface area contributed by atoms with Crippen LogP contribution in [0, 0.1) is 11.8 Å². The molecule has 7 atom stereocenters. The number of carbonyl (C=O) groups is 4. The third-order valence-electron chi connectivity index (χ3n) is 9.87. The number of cyclic esters (lactones) is 1. The van der Waals surface area contributed by atoms with Crippen molar-refractivity contribution in [2.75, 3.05) is 26.3 Å². The Balaban J connectivity index is 1.46. The topological polar surface area (TPSA) is 125 Å². The van der Waals surface area contributed by atoms with Gasteiger partial charge in [0.2, 0.25) is 17.7 Å². The number of fused-ring (bicyclic) bond motifs is 2. The first kappa shape index (κ1) is 34.1. The summed E-state index contributed by atoms with van der Waals surface area (Å²) in [7, 11) is 0. The summed E-state index contributed by atoms with van der Waals surface area (Å²) in [6, 6.07) is 15.7. The number of nitrogens with one attached hydrogen (secondary N) is 1. The SMILES string of the molecule is CCCCCN1C/C=C\CCC(=O)OC[C@H](c2ccccc2)NC(=O)[C@H]2[C@@H]3O[C@@]4(C=C3Br)[C@@H]2C(=O)N([C@H](CO)c2ccccc2)[C@@H]4C1=O. The Hall–Kier alpha value is -3.80. The van der Waals surface area contributed by atoms with Gasteiger partial charge in [0.15, 0.2) is 0 Å². The van der Waals surface area contributed by atoms with Crippen molar-refractivity contribution in [3.63, 3.8) is 0 Å². The molecule has 10 nitrogen and oxygen atoms in total. The summed E-state index contributed by atoms with van der Waals surface area (Å²) in [5, 5.41) is 13.9. The van der Waals surface area contributed by atoms with E-state index in [0.717, 1.165) is 24.8 Å². The van der Waals surface area contributed by atoms with Crippen LogP contribution in [-0.2, 0) is 28.7 Å². The maximum atomic E-state index is 14.9. The van der Waals surface area contributed by atoms with Gasteiger partial charge in [0.05, 0.1) is 30.5 Å². The second-order valence-electron chi connectivity index (χ2n) is 12.8. The molecule has 48 heavy (non-hydrogen) atoms. The van der Waals surface area contributed by atoms with Crippen molar-refractivity contribution in [3.05, 3.63) is 94.5 Å². The highest BCUT2D eigenvalue weighted by Gasteiger charge is 2.75. The zero-order chi connectivity index (χ0) is 33.8. The van der Waals surface area contributed by atoms with Crippen LogP contribution in [0.5, 0.6) is 0 Å². The Bertz CT molecular complexity index is 1570. The monoisotopic (exact) mass is 719 g/mol. The number of amides is 3. The summed E-state index contributed by atoms with van der Waals surface area (Å²) in [6.07, 6.45) is 7.92. The lowest BCUT2D eigenvalue weighted by molar-refractivity contribution is -0.150. The first-order chi connectivity index (χ1) is 23.3. The number of hydrogen-bond donors (Lipinski definition) is 2. The normalized spacial score (nSPS) is 30.5. The van der Waals surface area contributed by atoms with E-state index >= 15 is 0 Å². The summed E-state index contributed by atoms with van der Waals surface area (Å²) >= 11 is 3.62. The molecule has 4 aliphatic heterocycles. The number of hydrogen-bond acceptors (Lipinski definition) is 7. The fourth-order valence-corrected chi connectivity index (χ4v) is 8.30. The first-order valence-corrected chi connectivity index (χ1v) is 17.6. The Labute approximate surface area is 289 Å². The molecular weight excluding hydrogens is 678 g/mol. The van der Waals surface area contributed by atoms with E-state index in [0.29, 0.717) is 23.0 Å². The fraction of sp³-hybridized carbons (Fsp3) is 0.459. The lowest BCUT2D eigenvalue weighted by atomic mass is 9.74. The molecule has 2 N–H and O–H groups in total. The van der Waals surface area contributed by atoms with Crippen LogP contribution in [0.1, 0.15) is 62.2 Å². The van der Waals surface area contributed by atoms with Gasteiger partial charge in [0.25, 0.3) is 0 Å². The van der Waals surface area contributed by atoms with Crippen molar-refractivity contribution in [2.24, 2.45) is 11.8 Å². The summed E-state index contributed by atoms with van der Waals surface area (Å²) in [6.45, 7) is 2.29. The minimum absolute atomic E-state index is 0.0870. The Morgan fingerprint density at radius 2 is 1.73 bits per heavy atom. The number of unbranched alkanes of at least 4 members (excludes halogenated alkanes) is 2. The minimum atomic E-state index is -1.45. The number of aliphatic hydroxyl groups is 1. The molecule has 4 heterocycles. The number of likely N-dealkylation sites (tertiary alicyclic amines) is 1. The number of halogens is 1. The average Bonchev–Trinajstić information content (AvgIpc) is 3.69. The van der Waals surface area contributed by atoms with Gasteiger partial charge in [0, 0.05) is 24.0 Å².